The largest absolute Gasteiger partial charge is 0.338 e. The summed E-state index contributed by atoms with van der Waals surface area (Å²) in [7, 11) is 0. The Bertz CT molecular complexity index is 447. The number of nitrogens with two attached hydrogens (primary N) is 1. The fourth-order valence-corrected chi connectivity index (χ4v) is 2.91. The standard InChI is InChI=1S/C17H27N3O/c1-3-20(11-15-7-5-4-6-8-15)17(21)13-19-10-9-16(12-19)14(2)18/h4-8,14,16H,3,9-13,18H2,1-2H3. The van der Waals surface area contributed by atoms with Gasteiger partial charge >= 0.3 is 0 Å². The van der Waals surface area contributed by atoms with Gasteiger partial charge in [0.05, 0.1) is 6.54 Å². The first-order valence-corrected chi connectivity index (χ1v) is 7.89. The fourth-order valence-electron chi connectivity index (χ4n) is 2.91. The van der Waals surface area contributed by atoms with Crippen LogP contribution in [0.15, 0.2) is 30.3 Å². The number of carbonyl (C=O) groups is 1. The number of nitrogens with zero attached hydrogens (tertiary/aromatic N) is 2. The van der Waals surface area contributed by atoms with Gasteiger partial charge in [-0.15, -0.1) is 0 Å². The Hall–Kier alpha value is -1.39. The highest BCUT2D eigenvalue weighted by Gasteiger charge is 2.27. The molecule has 0 radical (unpaired) electrons. The van der Waals surface area contributed by atoms with Crippen LogP contribution in [0.5, 0.6) is 0 Å². The summed E-state index contributed by atoms with van der Waals surface area (Å²) in [6, 6.07) is 10.4. The van der Waals surface area contributed by atoms with Crippen molar-refractivity contribution in [1.29, 1.82) is 0 Å². The van der Waals surface area contributed by atoms with Gasteiger partial charge in [0.15, 0.2) is 0 Å². The van der Waals surface area contributed by atoms with E-state index in [0.29, 0.717) is 19.0 Å². The summed E-state index contributed by atoms with van der Waals surface area (Å²) < 4.78 is 0. The molecular formula is C17H27N3O. The molecule has 2 unspecified atom stereocenters. The van der Waals surface area contributed by atoms with Crippen LogP contribution >= 0.6 is 0 Å². The molecule has 0 bridgehead atoms. The zero-order chi connectivity index (χ0) is 15.2. The molecule has 0 saturated carbocycles. The number of rotatable bonds is 6. The van der Waals surface area contributed by atoms with E-state index in [2.05, 4.69) is 24.0 Å². The maximum Gasteiger partial charge on any atom is 0.237 e. The van der Waals surface area contributed by atoms with Gasteiger partial charge in [0.25, 0.3) is 0 Å². The van der Waals surface area contributed by atoms with E-state index in [0.717, 1.165) is 26.1 Å². The number of amides is 1. The first-order valence-electron chi connectivity index (χ1n) is 7.89. The van der Waals surface area contributed by atoms with Crippen molar-refractivity contribution in [2.24, 2.45) is 11.7 Å². The molecule has 1 aromatic carbocycles. The number of benzene rings is 1. The summed E-state index contributed by atoms with van der Waals surface area (Å²) in [5.74, 6) is 0.744. The summed E-state index contributed by atoms with van der Waals surface area (Å²) in [5.41, 5.74) is 7.14. The van der Waals surface area contributed by atoms with Gasteiger partial charge in [-0.2, -0.15) is 0 Å². The average Bonchev–Trinajstić information content (AvgIpc) is 2.94. The Balaban J connectivity index is 1.86. The van der Waals surface area contributed by atoms with E-state index in [9.17, 15) is 4.79 Å². The van der Waals surface area contributed by atoms with Crippen molar-refractivity contribution in [3.63, 3.8) is 0 Å². The molecule has 1 aromatic rings. The lowest BCUT2D eigenvalue weighted by Gasteiger charge is -2.24. The number of likely N-dealkylation sites (tertiary alicyclic amines) is 1. The van der Waals surface area contributed by atoms with E-state index < -0.39 is 0 Å². The van der Waals surface area contributed by atoms with Crippen LogP contribution in [0.3, 0.4) is 0 Å². The topological polar surface area (TPSA) is 49.6 Å². The van der Waals surface area contributed by atoms with Crippen molar-refractivity contribution in [3.8, 4) is 0 Å². The van der Waals surface area contributed by atoms with E-state index in [1.54, 1.807) is 0 Å². The van der Waals surface area contributed by atoms with Crippen LogP contribution in [0.1, 0.15) is 25.8 Å². The number of carbonyl (C=O) groups excluding carboxylic acids is 1. The molecule has 0 aromatic heterocycles. The van der Waals surface area contributed by atoms with Crippen LogP contribution in [0, 0.1) is 5.92 Å². The molecule has 21 heavy (non-hydrogen) atoms. The van der Waals surface area contributed by atoms with Gasteiger partial charge < -0.3 is 10.6 Å². The van der Waals surface area contributed by atoms with Crippen LogP contribution in [0.4, 0.5) is 0 Å². The maximum absolute atomic E-state index is 12.5. The SMILES string of the molecule is CCN(Cc1ccccc1)C(=O)CN1CCC(C(C)N)C1. The molecule has 4 nitrogen and oxygen atoms in total. The minimum absolute atomic E-state index is 0.215. The van der Waals surface area contributed by atoms with Gasteiger partial charge in [-0.3, -0.25) is 9.69 Å². The van der Waals surface area contributed by atoms with Crippen LogP contribution in [-0.4, -0.2) is 47.9 Å². The molecular weight excluding hydrogens is 262 g/mol. The predicted octanol–water partition coefficient (Wildman–Crippen LogP) is 1.70. The molecule has 116 valence electrons. The van der Waals surface area contributed by atoms with Crippen molar-refractivity contribution < 1.29 is 4.79 Å². The average molecular weight is 289 g/mol. The molecule has 1 amide bonds. The zero-order valence-corrected chi connectivity index (χ0v) is 13.2. The van der Waals surface area contributed by atoms with Crippen molar-refractivity contribution in [2.75, 3.05) is 26.2 Å². The number of hydrogen-bond acceptors (Lipinski definition) is 3. The van der Waals surface area contributed by atoms with Crippen molar-refractivity contribution >= 4 is 5.91 Å². The van der Waals surface area contributed by atoms with Gasteiger partial charge in [0.1, 0.15) is 0 Å². The second kappa shape index (κ2) is 7.57. The quantitative estimate of drug-likeness (QED) is 0.867. The molecule has 1 saturated heterocycles. The normalized spacial score (nSPS) is 20.4. The van der Waals surface area contributed by atoms with E-state index in [1.165, 1.54) is 5.56 Å². The van der Waals surface area contributed by atoms with Gasteiger partial charge in [-0.25, -0.2) is 0 Å². The Morgan fingerprint density at radius 1 is 1.43 bits per heavy atom. The van der Waals surface area contributed by atoms with E-state index >= 15 is 0 Å². The van der Waals surface area contributed by atoms with Gasteiger partial charge in [-0.05, 0) is 38.3 Å². The third-order valence-corrected chi connectivity index (χ3v) is 4.36. The highest BCUT2D eigenvalue weighted by Crippen LogP contribution is 2.18. The molecule has 2 rings (SSSR count). The molecule has 2 atom stereocenters. The highest BCUT2D eigenvalue weighted by molar-refractivity contribution is 5.78. The Kier molecular flexibility index (Phi) is 5.76. The minimum atomic E-state index is 0.215. The van der Waals surface area contributed by atoms with Gasteiger partial charge in [0.2, 0.25) is 5.91 Å². The van der Waals surface area contributed by atoms with Crippen LogP contribution < -0.4 is 5.73 Å². The van der Waals surface area contributed by atoms with Crippen LogP contribution in [0.2, 0.25) is 0 Å². The Morgan fingerprint density at radius 3 is 2.71 bits per heavy atom. The molecule has 1 aliphatic rings. The third kappa shape index (κ3) is 4.55. The zero-order valence-electron chi connectivity index (χ0n) is 13.2. The summed E-state index contributed by atoms with van der Waals surface area (Å²) in [6.07, 6.45) is 1.11. The van der Waals surface area contributed by atoms with Crippen molar-refractivity contribution in [3.05, 3.63) is 35.9 Å². The molecule has 1 heterocycles. The van der Waals surface area contributed by atoms with E-state index in [4.69, 9.17) is 5.73 Å². The molecule has 0 spiro atoms. The summed E-state index contributed by atoms with van der Waals surface area (Å²) in [6.45, 7) is 8.00. The van der Waals surface area contributed by atoms with Crippen LogP contribution in [-0.2, 0) is 11.3 Å². The summed E-state index contributed by atoms with van der Waals surface area (Å²) in [4.78, 5) is 16.6. The second-order valence-electron chi connectivity index (χ2n) is 6.04. The van der Waals surface area contributed by atoms with E-state index in [1.807, 2.05) is 30.0 Å². The molecule has 0 aliphatic carbocycles. The van der Waals surface area contributed by atoms with Gasteiger partial charge in [0, 0.05) is 25.7 Å². The third-order valence-electron chi connectivity index (χ3n) is 4.36. The predicted molar refractivity (Wildman–Crippen MR) is 85.7 cm³/mol. The molecule has 4 heteroatoms. The first kappa shape index (κ1) is 16.0. The second-order valence-corrected chi connectivity index (χ2v) is 6.04. The van der Waals surface area contributed by atoms with E-state index in [-0.39, 0.29) is 11.9 Å². The number of hydrogen-bond donors (Lipinski definition) is 1. The first-order chi connectivity index (χ1) is 10.1. The molecule has 1 fully saturated rings. The van der Waals surface area contributed by atoms with Crippen molar-refractivity contribution in [1.82, 2.24) is 9.80 Å². The molecule has 1 aliphatic heterocycles. The summed E-state index contributed by atoms with van der Waals surface area (Å²) >= 11 is 0. The fraction of sp³-hybridized carbons (Fsp3) is 0.588. The summed E-state index contributed by atoms with van der Waals surface area (Å²) in [5, 5.41) is 0. The monoisotopic (exact) mass is 289 g/mol. The van der Waals surface area contributed by atoms with Crippen molar-refractivity contribution in [2.45, 2.75) is 32.9 Å². The molecule has 2 N–H and O–H groups in total. The number of likely N-dealkylation sites (N-methyl/N-ethyl adjacent to an activating group) is 1. The lowest BCUT2D eigenvalue weighted by atomic mass is 10.0. The lowest BCUT2D eigenvalue weighted by molar-refractivity contribution is -0.132. The maximum atomic E-state index is 12.5. The Morgan fingerprint density at radius 2 is 2.14 bits per heavy atom. The highest BCUT2D eigenvalue weighted by atomic mass is 16.2. The lowest BCUT2D eigenvalue weighted by Crippen LogP contribution is -2.40. The van der Waals surface area contributed by atoms with Crippen LogP contribution in [0.25, 0.3) is 0 Å². The smallest absolute Gasteiger partial charge is 0.237 e. The minimum Gasteiger partial charge on any atom is -0.338 e. The Labute approximate surface area is 127 Å². The van der Waals surface area contributed by atoms with Gasteiger partial charge in [-0.1, -0.05) is 30.3 Å².